The standard InChI is InChI=1S/C10H12BrN3O3S/c11-8-2-1-7(12)5-9(8)18(16,17)14-4-3-13-10(15)6-14/h1-2,5H,3-4,6,12H2,(H,13,15). The van der Waals surface area contributed by atoms with Gasteiger partial charge in [0.25, 0.3) is 0 Å². The zero-order chi connectivity index (χ0) is 13.3. The van der Waals surface area contributed by atoms with Gasteiger partial charge in [0.15, 0.2) is 0 Å². The molecule has 0 unspecified atom stereocenters. The summed E-state index contributed by atoms with van der Waals surface area (Å²) in [5, 5.41) is 2.58. The van der Waals surface area contributed by atoms with E-state index in [2.05, 4.69) is 21.2 Å². The molecule has 1 fully saturated rings. The van der Waals surface area contributed by atoms with Gasteiger partial charge in [0.05, 0.1) is 11.4 Å². The number of sulfonamides is 1. The van der Waals surface area contributed by atoms with Crippen LogP contribution < -0.4 is 11.1 Å². The van der Waals surface area contributed by atoms with E-state index >= 15 is 0 Å². The number of nitrogens with zero attached hydrogens (tertiary/aromatic N) is 1. The third-order valence-corrected chi connectivity index (χ3v) is 5.42. The zero-order valence-electron chi connectivity index (χ0n) is 9.39. The molecular formula is C10H12BrN3O3S. The summed E-state index contributed by atoms with van der Waals surface area (Å²) in [6.07, 6.45) is 0. The number of anilines is 1. The van der Waals surface area contributed by atoms with Crippen molar-refractivity contribution in [3.63, 3.8) is 0 Å². The fourth-order valence-electron chi connectivity index (χ4n) is 1.68. The van der Waals surface area contributed by atoms with Gasteiger partial charge in [0, 0.05) is 23.2 Å². The normalized spacial score (nSPS) is 17.5. The number of benzene rings is 1. The van der Waals surface area contributed by atoms with Crippen molar-refractivity contribution in [2.45, 2.75) is 4.90 Å². The van der Waals surface area contributed by atoms with Crippen LogP contribution in [-0.4, -0.2) is 38.3 Å². The van der Waals surface area contributed by atoms with Crippen molar-refractivity contribution in [3.05, 3.63) is 22.7 Å². The largest absolute Gasteiger partial charge is 0.399 e. The minimum atomic E-state index is -3.70. The first-order chi connectivity index (χ1) is 8.41. The number of carbonyl (C=O) groups is 1. The van der Waals surface area contributed by atoms with Crippen LogP contribution in [0, 0.1) is 0 Å². The zero-order valence-corrected chi connectivity index (χ0v) is 11.8. The topological polar surface area (TPSA) is 92.5 Å². The molecule has 3 N–H and O–H groups in total. The van der Waals surface area contributed by atoms with Crippen LogP contribution in [0.25, 0.3) is 0 Å². The van der Waals surface area contributed by atoms with Gasteiger partial charge in [0.2, 0.25) is 15.9 Å². The highest BCUT2D eigenvalue weighted by atomic mass is 79.9. The van der Waals surface area contributed by atoms with Gasteiger partial charge in [-0.3, -0.25) is 4.79 Å². The second kappa shape index (κ2) is 4.87. The van der Waals surface area contributed by atoms with Crippen LogP contribution in [0.3, 0.4) is 0 Å². The molecule has 0 aromatic heterocycles. The van der Waals surface area contributed by atoms with E-state index in [4.69, 9.17) is 5.73 Å². The summed E-state index contributed by atoms with van der Waals surface area (Å²) in [5.74, 6) is -0.301. The number of halogens is 1. The minimum Gasteiger partial charge on any atom is -0.399 e. The SMILES string of the molecule is Nc1ccc(Br)c(S(=O)(=O)N2CCNC(=O)C2)c1. The van der Waals surface area contributed by atoms with E-state index in [0.29, 0.717) is 16.7 Å². The van der Waals surface area contributed by atoms with Crippen LogP contribution in [0.4, 0.5) is 5.69 Å². The molecule has 98 valence electrons. The van der Waals surface area contributed by atoms with E-state index in [1.165, 1.54) is 6.07 Å². The Morgan fingerprint density at radius 1 is 1.39 bits per heavy atom. The van der Waals surface area contributed by atoms with Crippen molar-refractivity contribution >= 4 is 37.5 Å². The monoisotopic (exact) mass is 333 g/mol. The van der Waals surface area contributed by atoms with Crippen LogP contribution in [0.15, 0.2) is 27.6 Å². The molecule has 1 heterocycles. The summed E-state index contributed by atoms with van der Waals surface area (Å²) in [6, 6.07) is 4.56. The van der Waals surface area contributed by atoms with Crippen LogP contribution in [0.2, 0.25) is 0 Å². The molecule has 1 aromatic rings. The number of nitrogens with two attached hydrogens (primary N) is 1. The Morgan fingerprint density at radius 2 is 2.11 bits per heavy atom. The summed E-state index contributed by atoms with van der Waals surface area (Å²) < 4.78 is 26.3. The Labute approximate surface area is 113 Å². The van der Waals surface area contributed by atoms with Gasteiger partial charge >= 0.3 is 0 Å². The number of piperazine rings is 1. The number of carbonyl (C=O) groups excluding carboxylic acids is 1. The van der Waals surface area contributed by atoms with Gasteiger partial charge in [-0.1, -0.05) is 0 Å². The molecule has 1 aliphatic rings. The Kier molecular flexibility index (Phi) is 3.60. The number of nitrogens with one attached hydrogen (secondary N) is 1. The molecule has 8 heteroatoms. The van der Waals surface area contributed by atoms with Crippen molar-refractivity contribution < 1.29 is 13.2 Å². The molecule has 2 rings (SSSR count). The predicted octanol–water partition coefficient (Wildman–Crippen LogP) is 0.152. The molecule has 1 aliphatic heterocycles. The third-order valence-electron chi connectivity index (χ3n) is 2.58. The van der Waals surface area contributed by atoms with Crippen molar-refractivity contribution in [2.24, 2.45) is 0 Å². The molecular weight excluding hydrogens is 322 g/mol. The molecule has 1 amide bonds. The van der Waals surface area contributed by atoms with Crippen molar-refractivity contribution in [1.82, 2.24) is 9.62 Å². The van der Waals surface area contributed by atoms with Crippen LogP contribution in [-0.2, 0) is 14.8 Å². The minimum absolute atomic E-state index is 0.0807. The molecule has 0 aliphatic carbocycles. The van der Waals surface area contributed by atoms with Gasteiger partial charge in [-0.2, -0.15) is 4.31 Å². The number of amides is 1. The molecule has 1 aromatic carbocycles. The van der Waals surface area contributed by atoms with Gasteiger partial charge in [-0.25, -0.2) is 8.42 Å². The first-order valence-corrected chi connectivity index (χ1v) is 7.46. The first kappa shape index (κ1) is 13.3. The molecule has 0 atom stereocenters. The molecule has 6 nitrogen and oxygen atoms in total. The van der Waals surface area contributed by atoms with E-state index in [1.807, 2.05) is 0 Å². The highest BCUT2D eigenvalue weighted by Gasteiger charge is 2.30. The third kappa shape index (κ3) is 2.50. The van der Waals surface area contributed by atoms with Crippen molar-refractivity contribution in [3.8, 4) is 0 Å². The van der Waals surface area contributed by atoms with Gasteiger partial charge in [-0.15, -0.1) is 0 Å². The quantitative estimate of drug-likeness (QED) is 0.753. The maximum Gasteiger partial charge on any atom is 0.244 e. The smallest absolute Gasteiger partial charge is 0.244 e. The second-order valence-corrected chi connectivity index (χ2v) is 6.64. The van der Waals surface area contributed by atoms with Gasteiger partial charge in [-0.05, 0) is 34.1 Å². The Hall–Kier alpha value is -1.12. The first-order valence-electron chi connectivity index (χ1n) is 5.23. The number of hydrogen-bond donors (Lipinski definition) is 2. The second-order valence-electron chi connectivity index (χ2n) is 3.88. The highest BCUT2D eigenvalue weighted by molar-refractivity contribution is 9.10. The fourth-order valence-corrected chi connectivity index (χ4v) is 4.03. The van der Waals surface area contributed by atoms with Crippen molar-refractivity contribution in [2.75, 3.05) is 25.4 Å². The highest BCUT2D eigenvalue weighted by Crippen LogP contribution is 2.27. The van der Waals surface area contributed by atoms with Crippen LogP contribution in [0.5, 0.6) is 0 Å². The molecule has 18 heavy (non-hydrogen) atoms. The predicted molar refractivity (Wildman–Crippen MR) is 70.3 cm³/mol. The average molecular weight is 334 g/mol. The van der Waals surface area contributed by atoms with Crippen molar-refractivity contribution in [1.29, 1.82) is 0 Å². The molecule has 0 bridgehead atoms. The molecule has 0 radical (unpaired) electrons. The maximum atomic E-state index is 12.4. The van der Waals surface area contributed by atoms with E-state index in [-0.39, 0.29) is 23.9 Å². The lowest BCUT2D eigenvalue weighted by Crippen LogP contribution is -2.49. The van der Waals surface area contributed by atoms with Gasteiger partial charge < -0.3 is 11.1 Å². The summed E-state index contributed by atoms with van der Waals surface area (Å²) in [7, 11) is -3.70. The summed E-state index contributed by atoms with van der Waals surface area (Å²) >= 11 is 3.19. The number of nitrogen functional groups attached to an aromatic ring is 1. The summed E-state index contributed by atoms with van der Waals surface area (Å²) in [6.45, 7) is 0.414. The lowest BCUT2D eigenvalue weighted by atomic mass is 10.3. The Morgan fingerprint density at radius 3 is 2.78 bits per heavy atom. The lowest BCUT2D eigenvalue weighted by molar-refractivity contribution is -0.122. The molecule has 0 spiro atoms. The maximum absolute atomic E-state index is 12.4. The fraction of sp³-hybridized carbons (Fsp3) is 0.300. The lowest BCUT2D eigenvalue weighted by Gasteiger charge is -2.26. The van der Waals surface area contributed by atoms with E-state index < -0.39 is 10.0 Å². The molecule has 1 saturated heterocycles. The summed E-state index contributed by atoms with van der Waals surface area (Å²) in [4.78, 5) is 11.3. The Balaban J connectivity index is 2.41. The average Bonchev–Trinajstić information content (AvgIpc) is 2.32. The van der Waals surface area contributed by atoms with E-state index in [1.54, 1.807) is 12.1 Å². The number of hydrogen-bond acceptors (Lipinski definition) is 4. The van der Waals surface area contributed by atoms with E-state index in [0.717, 1.165) is 4.31 Å². The van der Waals surface area contributed by atoms with Crippen LogP contribution >= 0.6 is 15.9 Å². The van der Waals surface area contributed by atoms with Gasteiger partial charge in [0.1, 0.15) is 0 Å². The van der Waals surface area contributed by atoms with E-state index in [9.17, 15) is 13.2 Å². The number of rotatable bonds is 2. The Bertz CT molecular complexity index is 588. The molecule has 0 saturated carbocycles. The van der Waals surface area contributed by atoms with Crippen LogP contribution in [0.1, 0.15) is 0 Å². The summed E-state index contributed by atoms with van der Waals surface area (Å²) in [5.41, 5.74) is 5.96.